The highest BCUT2D eigenvalue weighted by molar-refractivity contribution is 5.92. The van der Waals surface area contributed by atoms with Crippen molar-refractivity contribution < 1.29 is 18.1 Å². The third kappa shape index (κ3) is 3.42. The van der Waals surface area contributed by atoms with Gasteiger partial charge in [-0.15, -0.1) is 0 Å². The predicted octanol–water partition coefficient (Wildman–Crippen LogP) is 3.55. The fraction of sp³-hybridized carbons (Fsp3) is 0.0588. The van der Waals surface area contributed by atoms with Crippen molar-refractivity contribution in [2.75, 3.05) is 0 Å². The minimum Gasteiger partial charge on any atom is -0.350 e. The standard InChI is InChI=1S/C17H12F2N2O2/c18-13-6-3-5-11(8-13)15-9-16(23-21-15)17(22)20-10-12-4-1-2-7-14(12)19/h1-9H,10H2,(H,20,22). The van der Waals surface area contributed by atoms with Crippen molar-refractivity contribution in [3.05, 3.63) is 77.6 Å². The molecule has 2 aromatic carbocycles. The maximum atomic E-state index is 13.5. The smallest absolute Gasteiger partial charge is 0.290 e. The van der Waals surface area contributed by atoms with Gasteiger partial charge in [-0.05, 0) is 18.2 Å². The van der Waals surface area contributed by atoms with Gasteiger partial charge < -0.3 is 9.84 Å². The van der Waals surface area contributed by atoms with Gasteiger partial charge in [-0.1, -0.05) is 35.5 Å². The third-order valence-electron chi connectivity index (χ3n) is 3.25. The van der Waals surface area contributed by atoms with Crippen LogP contribution < -0.4 is 5.32 Å². The number of carbonyl (C=O) groups excluding carboxylic acids is 1. The van der Waals surface area contributed by atoms with Crippen LogP contribution in [0.25, 0.3) is 11.3 Å². The largest absolute Gasteiger partial charge is 0.350 e. The zero-order valence-electron chi connectivity index (χ0n) is 11.9. The lowest BCUT2D eigenvalue weighted by atomic mass is 10.1. The average Bonchev–Trinajstić information content (AvgIpc) is 3.04. The Morgan fingerprint density at radius 1 is 1.09 bits per heavy atom. The Kier molecular flexibility index (Phi) is 4.14. The molecule has 0 aliphatic heterocycles. The van der Waals surface area contributed by atoms with E-state index in [-0.39, 0.29) is 12.3 Å². The molecule has 1 heterocycles. The van der Waals surface area contributed by atoms with Crippen LogP contribution in [0.15, 0.2) is 59.1 Å². The number of hydrogen-bond acceptors (Lipinski definition) is 3. The quantitative estimate of drug-likeness (QED) is 0.801. The molecule has 0 aliphatic rings. The number of rotatable bonds is 4. The number of amides is 1. The van der Waals surface area contributed by atoms with E-state index < -0.39 is 17.5 Å². The third-order valence-corrected chi connectivity index (χ3v) is 3.25. The molecule has 0 bridgehead atoms. The van der Waals surface area contributed by atoms with E-state index in [0.717, 1.165) is 0 Å². The highest BCUT2D eigenvalue weighted by atomic mass is 19.1. The zero-order valence-corrected chi connectivity index (χ0v) is 11.9. The molecule has 0 aliphatic carbocycles. The topological polar surface area (TPSA) is 55.1 Å². The van der Waals surface area contributed by atoms with Gasteiger partial charge in [-0.3, -0.25) is 4.79 Å². The summed E-state index contributed by atoms with van der Waals surface area (Å²) in [5.41, 5.74) is 1.22. The lowest BCUT2D eigenvalue weighted by Crippen LogP contribution is -2.22. The zero-order chi connectivity index (χ0) is 16.2. The van der Waals surface area contributed by atoms with Crippen molar-refractivity contribution in [2.24, 2.45) is 0 Å². The molecule has 23 heavy (non-hydrogen) atoms. The van der Waals surface area contributed by atoms with Gasteiger partial charge in [-0.25, -0.2) is 8.78 Å². The average molecular weight is 314 g/mol. The van der Waals surface area contributed by atoms with E-state index in [2.05, 4.69) is 10.5 Å². The van der Waals surface area contributed by atoms with Crippen molar-refractivity contribution >= 4 is 5.91 Å². The van der Waals surface area contributed by atoms with E-state index in [9.17, 15) is 13.6 Å². The molecular formula is C17H12F2N2O2. The Bertz CT molecular complexity index is 846. The van der Waals surface area contributed by atoms with Gasteiger partial charge in [-0.2, -0.15) is 0 Å². The normalized spacial score (nSPS) is 10.5. The molecule has 6 heteroatoms. The molecule has 0 radical (unpaired) electrons. The van der Waals surface area contributed by atoms with E-state index in [1.165, 1.54) is 30.3 Å². The minimum absolute atomic E-state index is 0.0272. The van der Waals surface area contributed by atoms with Crippen LogP contribution in [0, 0.1) is 11.6 Å². The van der Waals surface area contributed by atoms with Crippen molar-refractivity contribution in [1.82, 2.24) is 10.5 Å². The summed E-state index contributed by atoms with van der Waals surface area (Å²) in [6, 6.07) is 13.4. The van der Waals surface area contributed by atoms with Crippen molar-refractivity contribution in [3.8, 4) is 11.3 Å². The molecule has 116 valence electrons. The monoisotopic (exact) mass is 314 g/mol. The van der Waals surface area contributed by atoms with Gasteiger partial charge in [0.1, 0.15) is 17.3 Å². The van der Waals surface area contributed by atoms with Gasteiger partial charge in [0.05, 0.1) is 0 Å². The summed E-state index contributed by atoms with van der Waals surface area (Å²) >= 11 is 0. The summed E-state index contributed by atoms with van der Waals surface area (Å²) in [6.45, 7) is 0.0293. The molecule has 3 rings (SSSR count). The van der Waals surface area contributed by atoms with Gasteiger partial charge in [0.2, 0.25) is 5.76 Å². The van der Waals surface area contributed by atoms with Crippen LogP contribution in [0.1, 0.15) is 16.1 Å². The maximum absolute atomic E-state index is 13.5. The molecule has 0 atom stereocenters. The highest BCUT2D eigenvalue weighted by Gasteiger charge is 2.14. The summed E-state index contributed by atoms with van der Waals surface area (Å²) in [5, 5.41) is 6.29. The van der Waals surface area contributed by atoms with Crippen LogP contribution in [0.4, 0.5) is 8.78 Å². The van der Waals surface area contributed by atoms with Gasteiger partial charge in [0.15, 0.2) is 0 Å². The summed E-state index contributed by atoms with van der Waals surface area (Å²) in [5.74, 6) is -1.36. The highest BCUT2D eigenvalue weighted by Crippen LogP contribution is 2.20. The molecular weight excluding hydrogens is 302 g/mol. The first-order valence-corrected chi connectivity index (χ1v) is 6.88. The van der Waals surface area contributed by atoms with E-state index in [1.54, 1.807) is 24.3 Å². The second-order valence-electron chi connectivity index (χ2n) is 4.86. The van der Waals surface area contributed by atoms with Crippen LogP contribution in [0.3, 0.4) is 0 Å². The number of halogens is 2. The van der Waals surface area contributed by atoms with Crippen molar-refractivity contribution in [1.29, 1.82) is 0 Å². The minimum atomic E-state index is -0.525. The van der Waals surface area contributed by atoms with E-state index in [0.29, 0.717) is 16.8 Å². The van der Waals surface area contributed by atoms with E-state index in [1.807, 2.05) is 0 Å². The molecule has 0 saturated heterocycles. The summed E-state index contributed by atoms with van der Waals surface area (Å²) in [6.07, 6.45) is 0. The molecule has 0 fully saturated rings. The van der Waals surface area contributed by atoms with Crippen LogP contribution in [0.2, 0.25) is 0 Å². The fourth-order valence-corrected chi connectivity index (χ4v) is 2.07. The molecule has 1 N–H and O–H groups in total. The molecule has 3 aromatic rings. The fourth-order valence-electron chi connectivity index (χ4n) is 2.07. The first-order chi connectivity index (χ1) is 11.1. The summed E-state index contributed by atoms with van der Waals surface area (Å²) in [4.78, 5) is 12.0. The number of nitrogens with one attached hydrogen (secondary N) is 1. The first-order valence-electron chi connectivity index (χ1n) is 6.88. The lowest BCUT2D eigenvalue weighted by Gasteiger charge is -2.03. The maximum Gasteiger partial charge on any atom is 0.290 e. The molecule has 0 spiro atoms. The molecule has 1 aromatic heterocycles. The number of carbonyl (C=O) groups is 1. The predicted molar refractivity (Wildman–Crippen MR) is 79.5 cm³/mol. The van der Waals surface area contributed by atoms with Crippen molar-refractivity contribution in [3.63, 3.8) is 0 Å². The van der Waals surface area contributed by atoms with E-state index >= 15 is 0 Å². The first kappa shape index (κ1) is 14.9. The number of hydrogen-bond donors (Lipinski definition) is 1. The van der Waals surface area contributed by atoms with Crippen molar-refractivity contribution in [2.45, 2.75) is 6.54 Å². The Balaban J connectivity index is 1.70. The van der Waals surface area contributed by atoms with Crippen LogP contribution in [0.5, 0.6) is 0 Å². The Labute approximate surface area is 130 Å². The van der Waals surface area contributed by atoms with Crippen LogP contribution in [-0.4, -0.2) is 11.1 Å². The lowest BCUT2D eigenvalue weighted by molar-refractivity contribution is 0.0913. The van der Waals surface area contributed by atoms with E-state index in [4.69, 9.17) is 4.52 Å². The van der Waals surface area contributed by atoms with Gasteiger partial charge >= 0.3 is 0 Å². The summed E-state index contributed by atoms with van der Waals surface area (Å²) < 4.78 is 31.6. The Hall–Kier alpha value is -3.02. The second kappa shape index (κ2) is 6.39. The Morgan fingerprint density at radius 3 is 2.70 bits per heavy atom. The Morgan fingerprint density at radius 2 is 1.91 bits per heavy atom. The molecule has 1 amide bonds. The van der Waals surface area contributed by atoms with Gasteiger partial charge in [0.25, 0.3) is 5.91 Å². The molecule has 4 nitrogen and oxygen atoms in total. The van der Waals surface area contributed by atoms with Crippen LogP contribution >= 0.6 is 0 Å². The number of benzene rings is 2. The molecule has 0 unspecified atom stereocenters. The SMILES string of the molecule is O=C(NCc1ccccc1F)c1cc(-c2cccc(F)c2)no1. The number of nitrogens with zero attached hydrogens (tertiary/aromatic N) is 1. The number of aromatic nitrogens is 1. The molecule has 0 saturated carbocycles. The van der Waals surface area contributed by atoms with Crippen LogP contribution in [-0.2, 0) is 6.54 Å². The van der Waals surface area contributed by atoms with Gasteiger partial charge in [0, 0.05) is 23.7 Å². The second-order valence-corrected chi connectivity index (χ2v) is 4.86. The summed E-state index contributed by atoms with van der Waals surface area (Å²) in [7, 11) is 0.